The number of carbonyl (C=O) groups is 1. The number of aliphatic carboxylic acids is 1. The largest absolute Gasteiger partial charge is 0.481 e. The monoisotopic (exact) mass is 454 g/mol. The standard InChI is InChI=1S/C17H15ClF4N2O4S/c1-8-14(17(20,21)22)23(2)16(28)24(15(8)27)11-7-12(9(18)6-10(11)19)29-5-3-4-13(25)26/h6-7H,3-5H2,1-2H3,(H,25,26). The Morgan fingerprint density at radius 1 is 1.28 bits per heavy atom. The summed E-state index contributed by atoms with van der Waals surface area (Å²) >= 11 is 7.03. The van der Waals surface area contributed by atoms with Crippen LogP contribution in [0.5, 0.6) is 0 Å². The molecule has 0 aliphatic heterocycles. The van der Waals surface area contributed by atoms with Gasteiger partial charge in [-0.05, 0) is 31.2 Å². The third-order valence-corrected chi connectivity index (χ3v) is 5.56. The molecule has 29 heavy (non-hydrogen) atoms. The zero-order chi connectivity index (χ0) is 22.1. The summed E-state index contributed by atoms with van der Waals surface area (Å²) in [5.41, 5.74) is -5.39. The molecule has 0 amide bonds. The minimum Gasteiger partial charge on any atom is -0.481 e. The smallest absolute Gasteiger partial charge is 0.432 e. The summed E-state index contributed by atoms with van der Waals surface area (Å²) in [5.74, 6) is -1.76. The molecule has 0 unspecified atom stereocenters. The molecule has 2 aromatic rings. The third kappa shape index (κ3) is 4.84. The summed E-state index contributed by atoms with van der Waals surface area (Å²) in [6.07, 6.45) is -4.76. The van der Waals surface area contributed by atoms with Gasteiger partial charge in [0.2, 0.25) is 0 Å². The second-order valence-electron chi connectivity index (χ2n) is 6.03. The zero-order valence-electron chi connectivity index (χ0n) is 15.1. The highest BCUT2D eigenvalue weighted by Crippen LogP contribution is 2.32. The second kappa shape index (κ2) is 8.62. The Morgan fingerprint density at radius 3 is 2.45 bits per heavy atom. The van der Waals surface area contributed by atoms with E-state index in [2.05, 4.69) is 0 Å². The molecule has 1 aromatic carbocycles. The number of benzene rings is 1. The second-order valence-corrected chi connectivity index (χ2v) is 7.58. The highest BCUT2D eigenvalue weighted by atomic mass is 35.5. The van der Waals surface area contributed by atoms with Crippen LogP contribution in [0.4, 0.5) is 17.6 Å². The number of nitrogens with zero attached hydrogens (tertiary/aromatic N) is 2. The van der Waals surface area contributed by atoms with Gasteiger partial charge < -0.3 is 5.11 Å². The van der Waals surface area contributed by atoms with E-state index in [1.165, 1.54) is 0 Å². The highest BCUT2D eigenvalue weighted by molar-refractivity contribution is 7.99. The molecular weight excluding hydrogens is 440 g/mol. The van der Waals surface area contributed by atoms with Crippen LogP contribution in [0, 0.1) is 12.7 Å². The minimum absolute atomic E-state index is 0.0416. The molecule has 0 fully saturated rings. The van der Waals surface area contributed by atoms with E-state index in [9.17, 15) is 31.9 Å². The fourth-order valence-electron chi connectivity index (χ4n) is 2.67. The molecular formula is C17H15ClF4N2O4S. The molecule has 0 bridgehead atoms. The average molecular weight is 455 g/mol. The summed E-state index contributed by atoms with van der Waals surface area (Å²) in [5, 5.41) is 8.61. The Kier molecular flexibility index (Phi) is 6.84. The third-order valence-electron chi connectivity index (χ3n) is 4.00. The van der Waals surface area contributed by atoms with Crippen molar-refractivity contribution in [2.24, 2.45) is 7.05 Å². The molecule has 1 aromatic heterocycles. The van der Waals surface area contributed by atoms with E-state index in [0.717, 1.165) is 37.9 Å². The first-order chi connectivity index (χ1) is 13.4. The predicted molar refractivity (Wildman–Crippen MR) is 99.6 cm³/mol. The van der Waals surface area contributed by atoms with E-state index < -0.39 is 46.2 Å². The van der Waals surface area contributed by atoms with Crippen LogP contribution in [-0.2, 0) is 18.0 Å². The molecule has 0 spiro atoms. The molecule has 1 heterocycles. The highest BCUT2D eigenvalue weighted by Gasteiger charge is 2.38. The number of hydrogen-bond acceptors (Lipinski definition) is 4. The lowest BCUT2D eigenvalue weighted by Gasteiger charge is -2.17. The number of halogens is 5. The summed E-state index contributed by atoms with van der Waals surface area (Å²) in [6, 6.07) is 1.92. The van der Waals surface area contributed by atoms with Crippen LogP contribution in [0.1, 0.15) is 24.1 Å². The lowest BCUT2D eigenvalue weighted by atomic mass is 10.2. The topological polar surface area (TPSA) is 81.3 Å². The maximum atomic E-state index is 14.5. The molecule has 1 N–H and O–H groups in total. The molecule has 158 valence electrons. The van der Waals surface area contributed by atoms with E-state index in [-0.39, 0.29) is 27.3 Å². The van der Waals surface area contributed by atoms with Gasteiger partial charge in [0.1, 0.15) is 11.5 Å². The summed E-state index contributed by atoms with van der Waals surface area (Å²) < 4.78 is 54.6. The van der Waals surface area contributed by atoms with Gasteiger partial charge in [-0.2, -0.15) is 13.2 Å². The zero-order valence-corrected chi connectivity index (χ0v) is 16.7. The molecule has 6 nitrogen and oxygen atoms in total. The Bertz CT molecular complexity index is 1040. The summed E-state index contributed by atoms with van der Waals surface area (Å²) in [6.45, 7) is 0.899. The molecule has 2 rings (SSSR count). The van der Waals surface area contributed by atoms with E-state index in [1.807, 2.05) is 0 Å². The van der Waals surface area contributed by atoms with Gasteiger partial charge in [0.05, 0.1) is 10.7 Å². The van der Waals surface area contributed by atoms with Crippen molar-refractivity contribution in [3.8, 4) is 5.69 Å². The molecule has 0 saturated carbocycles. The van der Waals surface area contributed by atoms with Gasteiger partial charge in [-0.3, -0.25) is 14.2 Å². The van der Waals surface area contributed by atoms with E-state index in [0.29, 0.717) is 10.3 Å². The first-order valence-electron chi connectivity index (χ1n) is 8.10. The molecule has 0 aliphatic carbocycles. The SMILES string of the molecule is Cc1c(C(F)(F)F)n(C)c(=O)n(-c2cc(SCCCC(=O)O)c(Cl)cc2F)c1=O. The maximum Gasteiger partial charge on any atom is 0.432 e. The van der Waals surface area contributed by atoms with Crippen molar-refractivity contribution in [3.63, 3.8) is 0 Å². The fraction of sp³-hybridized carbons (Fsp3) is 0.353. The van der Waals surface area contributed by atoms with Crippen molar-refractivity contribution in [2.75, 3.05) is 5.75 Å². The average Bonchev–Trinajstić information content (AvgIpc) is 2.58. The van der Waals surface area contributed by atoms with Crippen molar-refractivity contribution in [2.45, 2.75) is 30.8 Å². The Morgan fingerprint density at radius 2 is 1.90 bits per heavy atom. The number of rotatable bonds is 6. The van der Waals surface area contributed by atoms with Gasteiger partial charge >= 0.3 is 17.8 Å². The molecule has 0 aliphatic rings. The number of carboxylic acid groups (broad SMARTS) is 1. The Labute approximate surface area is 170 Å². The quantitative estimate of drug-likeness (QED) is 0.409. The van der Waals surface area contributed by atoms with Crippen molar-refractivity contribution in [1.82, 2.24) is 9.13 Å². The van der Waals surface area contributed by atoms with Crippen molar-refractivity contribution >= 4 is 29.3 Å². The molecule has 0 saturated heterocycles. The molecule has 12 heteroatoms. The first-order valence-corrected chi connectivity index (χ1v) is 9.46. The van der Waals surface area contributed by atoms with Crippen LogP contribution < -0.4 is 11.2 Å². The number of thioether (sulfide) groups is 1. The van der Waals surface area contributed by atoms with Gasteiger partial charge in [0.15, 0.2) is 0 Å². The van der Waals surface area contributed by atoms with Gasteiger partial charge in [-0.15, -0.1) is 11.8 Å². The van der Waals surface area contributed by atoms with Crippen LogP contribution in [0.15, 0.2) is 26.6 Å². The van der Waals surface area contributed by atoms with Gasteiger partial charge in [-0.25, -0.2) is 13.8 Å². The Hall–Kier alpha value is -2.27. The van der Waals surface area contributed by atoms with Crippen LogP contribution in [0.3, 0.4) is 0 Å². The molecule has 0 atom stereocenters. The van der Waals surface area contributed by atoms with Crippen LogP contribution in [0.25, 0.3) is 5.69 Å². The van der Waals surface area contributed by atoms with Crippen molar-refractivity contribution < 1.29 is 27.5 Å². The van der Waals surface area contributed by atoms with Crippen LogP contribution in [-0.4, -0.2) is 26.0 Å². The fourth-order valence-corrected chi connectivity index (χ4v) is 3.89. The number of aromatic nitrogens is 2. The predicted octanol–water partition coefficient (Wildman–Crippen LogP) is 3.61. The summed E-state index contributed by atoms with van der Waals surface area (Å²) in [7, 11) is 0.837. The van der Waals surface area contributed by atoms with Crippen molar-refractivity contribution in [3.05, 3.63) is 55.1 Å². The normalized spacial score (nSPS) is 11.7. The van der Waals surface area contributed by atoms with Gasteiger partial charge in [0, 0.05) is 23.9 Å². The maximum absolute atomic E-state index is 14.5. The van der Waals surface area contributed by atoms with Crippen LogP contribution >= 0.6 is 23.4 Å². The van der Waals surface area contributed by atoms with E-state index >= 15 is 0 Å². The van der Waals surface area contributed by atoms with Gasteiger partial charge in [-0.1, -0.05) is 11.6 Å². The summed E-state index contributed by atoms with van der Waals surface area (Å²) in [4.78, 5) is 35.7. The van der Waals surface area contributed by atoms with E-state index in [1.54, 1.807) is 0 Å². The first kappa shape index (κ1) is 23.0. The number of hydrogen-bond donors (Lipinski definition) is 1. The Balaban J connectivity index is 2.61. The lowest BCUT2D eigenvalue weighted by Crippen LogP contribution is -2.43. The van der Waals surface area contributed by atoms with E-state index in [4.69, 9.17) is 16.7 Å². The number of carboxylic acids is 1. The number of alkyl halides is 3. The minimum atomic E-state index is -4.94. The molecule has 0 radical (unpaired) electrons. The van der Waals surface area contributed by atoms with Crippen LogP contribution in [0.2, 0.25) is 5.02 Å². The van der Waals surface area contributed by atoms with Crippen molar-refractivity contribution in [1.29, 1.82) is 0 Å². The van der Waals surface area contributed by atoms with Gasteiger partial charge in [0.25, 0.3) is 5.56 Å². The lowest BCUT2D eigenvalue weighted by molar-refractivity contribution is -0.144.